The van der Waals surface area contributed by atoms with Gasteiger partial charge in [0.2, 0.25) is 0 Å². The normalized spacial score (nSPS) is 14.3. The van der Waals surface area contributed by atoms with Gasteiger partial charge < -0.3 is 38.6 Å². The molecule has 9 nitrogen and oxygen atoms in total. The number of benzene rings is 2. The van der Waals surface area contributed by atoms with Gasteiger partial charge in [-0.1, -0.05) is 12.8 Å². The van der Waals surface area contributed by atoms with E-state index in [0.717, 1.165) is 87.3 Å². The molecule has 0 fully saturated rings. The van der Waals surface area contributed by atoms with Crippen LogP contribution in [-0.2, 0) is 18.9 Å². The zero-order chi connectivity index (χ0) is 33.2. The quantitative estimate of drug-likeness (QED) is 0.0759. The molecule has 0 aliphatic rings. The molecule has 0 bridgehead atoms. The van der Waals surface area contributed by atoms with E-state index in [9.17, 15) is 10.2 Å². The van der Waals surface area contributed by atoms with Crippen LogP contribution >= 0.6 is 0 Å². The Hall–Kier alpha value is -2.53. The fourth-order valence-electron chi connectivity index (χ4n) is 4.33. The summed E-state index contributed by atoms with van der Waals surface area (Å²) in [6.07, 6.45) is 9.45. The van der Waals surface area contributed by atoms with E-state index in [1.54, 1.807) is 13.8 Å². The van der Waals surface area contributed by atoms with Gasteiger partial charge in [-0.15, -0.1) is 0 Å². The minimum absolute atomic E-state index is 0.000597. The lowest BCUT2D eigenvalue weighted by atomic mass is 10.2. The Morgan fingerprint density at radius 1 is 0.543 bits per heavy atom. The number of aliphatic imine (C=N–C) groups is 1. The van der Waals surface area contributed by atoms with E-state index in [-0.39, 0.29) is 12.2 Å². The van der Waals surface area contributed by atoms with Crippen LogP contribution in [0.25, 0.3) is 0 Å². The second kappa shape index (κ2) is 25.5. The fourth-order valence-corrected chi connectivity index (χ4v) is 4.33. The van der Waals surface area contributed by atoms with E-state index in [1.807, 2.05) is 68.6 Å². The number of hydrogen-bond donors (Lipinski definition) is 2. The third kappa shape index (κ3) is 21.3. The van der Waals surface area contributed by atoms with Gasteiger partial charge in [-0.05, 0) is 120 Å². The smallest absolute Gasteiger partial charge is 0.119 e. The number of unbranched alkanes of at least 4 members (excludes halogenated alkanes) is 6. The second-order valence-electron chi connectivity index (χ2n) is 12.0. The number of ether oxygens (including phenoxy) is 6. The minimum Gasteiger partial charge on any atom is -0.494 e. The molecule has 0 saturated carbocycles. The van der Waals surface area contributed by atoms with Gasteiger partial charge in [0.25, 0.3) is 0 Å². The highest BCUT2D eigenvalue weighted by molar-refractivity contribution is 5.82. The Morgan fingerprint density at radius 3 is 1.39 bits per heavy atom. The van der Waals surface area contributed by atoms with Crippen LogP contribution in [0.4, 0.5) is 5.69 Å². The van der Waals surface area contributed by atoms with E-state index in [0.29, 0.717) is 39.6 Å². The van der Waals surface area contributed by atoms with Gasteiger partial charge in [-0.2, -0.15) is 0 Å². The lowest BCUT2D eigenvalue weighted by Gasteiger charge is -2.14. The molecule has 2 aromatic carbocycles. The molecule has 2 aromatic rings. The first kappa shape index (κ1) is 39.6. The van der Waals surface area contributed by atoms with Gasteiger partial charge in [-0.25, -0.2) is 0 Å². The van der Waals surface area contributed by atoms with Crippen LogP contribution < -0.4 is 9.47 Å². The Morgan fingerprint density at radius 2 is 0.957 bits per heavy atom. The molecule has 0 spiro atoms. The molecule has 2 N–H and O–H groups in total. The van der Waals surface area contributed by atoms with Gasteiger partial charge in [0.05, 0.1) is 69.7 Å². The summed E-state index contributed by atoms with van der Waals surface area (Å²) in [6.45, 7) is 12.0. The van der Waals surface area contributed by atoms with Crippen LogP contribution in [0.2, 0.25) is 0 Å². The van der Waals surface area contributed by atoms with E-state index in [2.05, 4.69) is 4.99 Å². The average Bonchev–Trinajstić information content (AvgIpc) is 3.05. The first-order chi connectivity index (χ1) is 22.3. The zero-order valence-corrected chi connectivity index (χ0v) is 28.6. The second-order valence-corrected chi connectivity index (χ2v) is 12.0. The maximum atomic E-state index is 9.24. The number of rotatable bonds is 28. The van der Waals surface area contributed by atoms with E-state index in [4.69, 9.17) is 28.4 Å². The van der Waals surface area contributed by atoms with Gasteiger partial charge in [0, 0.05) is 19.4 Å². The van der Waals surface area contributed by atoms with Gasteiger partial charge in [0.1, 0.15) is 11.5 Å². The SMILES string of the molecule is CC(O)COC(C)COCCCCCCOc1ccc(C=Nc2ccc(OCCCCCCOCC(C)OCC(C)O)cc2)cc1. The summed E-state index contributed by atoms with van der Waals surface area (Å²) < 4.78 is 34.0. The first-order valence-corrected chi connectivity index (χ1v) is 17.1. The van der Waals surface area contributed by atoms with Crippen LogP contribution in [0.1, 0.15) is 84.6 Å². The van der Waals surface area contributed by atoms with Crippen molar-refractivity contribution in [2.24, 2.45) is 4.99 Å². The number of aliphatic hydroxyl groups is 2. The summed E-state index contributed by atoms with van der Waals surface area (Å²) in [5.74, 6) is 1.72. The molecular weight excluding hydrogens is 586 g/mol. The first-order valence-electron chi connectivity index (χ1n) is 17.1. The molecule has 0 heterocycles. The van der Waals surface area contributed by atoms with Crippen LogP contribution in [0, 0.1) is 0 Å². The maximum absolute atomic E-state index is 9.24. The number of aliphatic hydroxyl groups excluding tert-OH is 2. The largest absolute Gasteiger partial charge is 0.494 e. The lowest BCUT2D eigenvalue weighted by molar-refractivity contribution is -0.0369. The van der Waals surface area contributed by atoms with Crippen LogP contribution in [0.3, 0.4) is 0 Å². The topological polar surface area (TPSA) is 108 Å². The molecule has 260 valence electrons. The summed E-state index contributed by atoms with van der Waals surface area (Å²) >= 11 is 0. The van der Waals surface area contributed by atoms with E-state index >= 15 is 0 Å². The molecule has 0 aliphatic heterocycles. The van der Waals surface area contributed by atoms with Crippen LogP contribution in [-0.4, -0.2) is 93.7 Å². The molecule has 0 aromatic heterocycles. The van der Waals surface area contributed by atoms with Crippen molar-refractivity contribution in [3.8, 4) is 11.5 Å². The fraction of sp³-hybridized carbons (Fsp3) is 0.649. The van der Waals surface area contributed by atoms with Crippen molar-refractivity contribution < 1.29 is 38.6 Å². The summed E-state index contributed by atoms with van der Waals surface area (Å²) in [6, 6.07) is 15.8. The van der Waals surface area contributed by atoms with Gasteiger partial charge in [-0.3, -0.25) is 4.99 Å². The molecule has 46 heavy (non-hydrogen) atoms. The molecule has 4 unspecified atom stereocenters. The van der Waals surface area contributed by atoms with Crippen molar-refractivity contribution in [1.29, 1.82) is 0 Å². The molecule has 0 amide bonds. The Labute approximate surface area is 277 Å². The molecule has 9 heteroatoms. The van der Waals surface area contributed by atoms with E-state index in [1.165, 1.54) is 0 Å². The summed E-state index contributed by atoms with van der Waals surface area (Å²) in [5, 5.41) is 18.5. The molecule has 4 atom stereocenters. The van der Waals surface area contributed by atoms with Crippen molar-refractivity contribution in [3.05, 3.63) is 54.1 Å². The number of hydrogen-bond acceptors (Lipinski definition) is 9. The number of nitrogens with zero attached hydrogens (tertiary/aromatic N) is 1. The summed E-state index contributed by atoms with van der Waals surface area (Å²) in [7, 11) is 0. The minimum atomic E-state index is -0.443. The molecule has 0 radical (unpaired) electrons. The van der Waals surface area contributed by atoms with E-state index < -0.39 is 12.2 Å². The van der Waals surface area contributed by atoms with Crippen molar-refractivity contribution in [2.45, 2.75) is 103 Å². The highest BCUT2D eigenvalue weighted by Crippen LogP contribution is 2.19. The lowest BCUT2D eigenvalue weighted by Crippen LogP contribution is -2.21. The third-order valence-corrected chi connectivity index (χ3v) is 6.93. The highest BCUT2D eigenvalue weighted by Gasteiger charge is 2.06. The molecule has 0 saturated heterocycles. The Kier molecular flexibility index (Phi) is 22.0. The van der Waals surface area contributed by atoms with Gasteiger partial charge >= 0.3 is 0 Å². The average molecular weight is 646 g/mol. The molecular formula is C37H59NO8. The van der Waals surface area contributed by atoms with Gasteiger partial charge in [0.15, 0.2) is 0 Å². The van der Waals surface area contributed by atoms with Crippen molar-refractivity contribution in [3.63, 3.8) is 0 Å². The molecule has 0 aliphatic carbocycles. The standard InChI is InChI=1S/C37H59NO8/c1-30(39)26-45-32(3)28-41-21-9-5-7-11-23-43-36-17-13-34(14-18-36)25-38-35-15-19-37(20-16-35)44-24-12-8-6-10-22-42-29-33(4)46-27-31(2)40/h13-20,25,30-33,39-40H,5-12,21-24,26-29H2,1-4H3. The predicted octanol–water partition coefficient (Wildman–Crippen LogP) is 6.92. The third-order valence-electron chi connectivity index (χ3n) is 6.93. The van der Waals surface area contributed by atoms with Crippen LogP contribution in [0.15, 0.2) is 53.5 Å². The summed E-state index contributed by atoms with van der Waals surface area (Å²) in [5.41, 5.74) is 1.89. The maximum Gasteiger partial charge on any atom is 0.119 e. The Bertz CT molecular complexity index is 932. The van der Waals surface area contributed by atoms with Crippen LogP contribution in [0.5, 0.6) is 11.5 Å². The monoisotopic (exact) mass is 645 g/mol. The van der Waals surface area contributed by atoms with Crippen molar-refractivity contribution >= 4 is 11.9 Å². The highest BCUT2D eigenvalue weighted by atomic mass is 16.5. The summed E-state index contributed by atoms with van der Waals surface area (Å²) in [4.78, 5) is 4.58. The zero-order valence-electron chi connectivity index (χ0n) is 28.6. The van der Waals surface area contributed by atoms with Crippen molar-refractivity contribution in [1.82, 2.24) is 0 Å². The predicted molar refractivity (Wildman–Crippen MR) is 184 cm³/mol. The molecule has 2 rings (SSSR count). The van der Waals surface area contributed by atoms with Crippen molar-refractivity contribution in [2.75, 3.05) is 52.9 Å². The Balaban J connectivity index is 1.48.